The Balaban J connectivity index is 1.95. The van der Waals surface area contributed by atoms with Crippen LogP contribution >= 0.6 is 23.4 Å². The lowest BCUT2D eigenvalue weighted by atomic mass is 10.0. The molecule has 2 unspecified atom stereocenters. The Morgan fingerprint density at radius 1 is 1.50 bits per heavy atom. The molecule has 1 aromatic rings. The summed E-state index contributed by atoms with van der Waals surface area (Å²) < 4.78 is 0. The minimum atomic E-state index is -0.0257. The van der Waals surface area contributed by atoms with E-state index in [0.717, 1.165) is 11.3 Å². The standard InChI is InChI=1S/C14H18ClNOS/c1-9(2)12(15)7-16-14(17)11-8-18-13-6-4-3-5-10(11)13/h3-6,9,11-12H,7-8H2,1-2H3,(H,16,17). The zero-order valence-electron chi connectivity index (χ0n) is 10.7. The Morgan fingerprint density at radius 3 is 2.94 bits per heavy atom. The molecule has 1 heterocycles. The van der Waals surface area contributed by atoms with Crippen molar-refractivity contribution in [3.8, 4) is 0 Å². The molecular weight excluding hydrogens is 266 g/mol. The number of benzene rings is 1. The number of rotatable bonds is 4. The zero-order valence-corrected chi connectivity index (χ0v) is 12.2. The number of thioether (sulfide) groups is 1. The average Bonchev–Trinajstić information content (AvgIpc) is 2.79. The summed E-state index contributed by atoms with van der Waals surface area (Å²) in [7, 11) is 0. The lowest BCUT2D eigenvalue weighted by Crippen LogP contribution is -2.35. The van der Waals surface area contributed by atoms with E-state index in [1.54, 1.807) is 11.8 Å². The summed E-state index contributed by atoms with van der Waals surface area (Å²) in [4.78, 5) is 13.4. The Kier molecular flexibility index (Phi) is 4.57. The number of carbonyl (C=O) groups is 1. The van der Waals surface area contributed by atoms with E-state index in [1.165, 1.54) is 4.90 Å². The van der Waals surface area contributed by atoms with Crippen LogP contribution < -0.4 is 5.32 Å². The van der Waals surface area contributed by atoms with Gasteiger partial charge in [0.15, 0.2) is 0 Å². The lowest BCUT2D eigenvalue weighted by Gasteiger charge is -2.16. The molecule has 0 aromatic heterocycles. The van der Waals surface area contributed by atoms with E-state index in [1.807, 2.05) is 18.2 Å². The lowest BCUT2D eigenvalue weighted by molar-refractivity contribution is -0.122. The van der Waals surface area contributed by atoms with Crippen LogP contribution in [-0.2, 0) is 4.79 Å². The van der Waals surface area contributed by atoms with Gasteiger partial charge in [0, 0.05) is 17.2 Å². The number of nitrogens with one attached hydrogen (secondary N) is 1. The van der Waals surface area contributed by atoms with Gasteiger partial charge in [-0.1, -0.05) is 32.0 Å². The van der Waals surface area contributed by atoms with E-state index < -0.39 is 0 Å². The highest BCUT2D eigenvalue weighted by atomic mass is 35.5. The number of fused-ring (bicyclic) bond motifs is 1. The fourth-order valence-electron chi connectivity index (χ4n) is 1.94. The highest BCUT2D eigenvalue weighted by Gasteiger charge is 2.29. The van der Waals surface area contributed by atoms with Gasteiger partial charge in [-0.15, -0.1) is 23.4 Å². The van der Waals surface area contributed by atoms with E-state index in [4.69, 9.17) is 11.6 Å². The summed E-state index contributed by atoms with van der Waals surface area (Å²) in [5, 5.41) is 2.96. The van der Waals surface area contributed by atoms with Crippen molar-refractivity contribution in [3.05, 3.63) is 29.8 Å². The van der Waals surface area contributed by atoms with Crippen LogP contribution in [0.15, 0.2) is 29.2 Å². The molecular formula is C14H18ClNOS. The Hall–Kier alpha value is -0.670. The first-order chi connectivity index (χ1) is 8.59. The SMILES string of the molecule is CC(C)C(Cl)CNC(=O)C1CSc2ccccc21. The van der Waals surface area contributed by atoms with Crippen molar-refractivity contribution in [2.24, 2.45) is 5.92 Å². The molecule has 0 fully saturated rings. The molecule has 0 saturated carbocycles. The van der Waals surface area contributed by atoms with Gasteiger partial charge in [-0.25, -0.2) is 0 Å². The van der Waals surface area contributed by atoms with Crippen molar-refractivity contribution in [1.29, 1.82) is 0 Å². The molecule has 0 spiro atoms. The summed E-state index contributed by atoms with van der Waals surface area (Å²) in [6.45, 7) is 4.66. The summed E-state index contributed by atoms with van der Waals surface area (Å²) in [6.07, 6.45) is 0. The molecule has 0 bridgehead atoms. The second-order valence-corrected chi connectivity index (χ2v) is 6.53. The Labute approximate surface area is 117 Å². The smallest absolute Gasteiger partial charge is 0.228 e. The first-order valence-corrected chi connectivity index (χ1v) is 7.65. The van der Waals surface area contributed by atoms with Crippen LogP contribution in [0.4, 0.5) is 0 Å². The second-order valence-electron chi connectivity index (χ2n) is 4.91. The number of carbonyl (C=O) groups excluding carboxylic acids is 1. The fraction of sp³-hybridized carbons (Fsp3) is 0.500. The van der Waals surface area contributed by atoms with Crippen molar-refractivity contribution in [3.63, 3.8) is 0 Å². The number of alkyl halides is 1. The van der Waals surface area contributed by atoms with Crippen LogP contribution in [0.5, 0.6) is 0 Å². The van der Waals surface area contributed by atoms with Gasteiger partial charge in [-0.2, -0.15) is 0 Å². The fourth-order valence-corrected chi connectivity index (χ4v) is 3.24. The molecule has 4 heteroatoms. The van der Waals surface area contributed by atoms with Crippen molar-refractivity contribution < 1.29 is 4.79 Å². The van der Waals surface area contributed by atoms with Crippen molar-refractivity contribution >= 4 is 29.3 Å². The largest absolute Gasteiger partial charge is 0.354 e. The summed E-state index contributed by atoms with van der Waals surface area (Å²) >= 11 is 7.90. The predicted octanol–water partition coefficient (Wildman–Crippen LogP) is 3.26. The van der Waals surface area contributed by atoms with Gasteiger partial charge in [-0.3, -0.25) is 4.79 Å². The van der Waals surface area contributed by atoms with Gasteiger partial charge in [0.1, 0.15) is 0 Å². The predicted molar refractivity (Wildman–Crippen MR) is 77.4 cm³/mol. The van der Waals surface area contributed by atoms with Crippen molar-refractivity contribution in [1.82, 2.24) is 5.32 Å². The summed E-state index contributed by atoms with van der Waals surface area (Å²) in [5.41, 5.74) is 1.15. The van der Waals surface area contributed by atoms with E-state index in [-0.39, 0.29) is 17.2 Å². The molecule has 2 nitrogen and oxygen atoms in total. The molecule has 0 saturated heterocycles. The highest BCUT2D eigenvalue weighted by molar-refractivity contribution is 7.99. The van der Waals surface area contributed by atoms with Crippen LogP contribution in [0.1, 0.15) is 25.3 Å². The van der Waals surface area contributed by atoms with Crippen LogP contribution in [-0.4, -0.2) is 23.6 Å². The zero-order chi connectivity index (χ0) is 13.1. The maximum atomic E-state index is 12.2. The molecule has 18 heavy (non-hydrogen) atoms. The van der Waals surface area contributed by atoms with E-state index in [2.05, 4.69) is 25.2 Å². The number of hydrogen-bond acceptors (Lipinski definition) is 2. The molecule has 2 atom stereocenters. The summed E-state index contributed by atoms with van der Waals surface area (Å²) in [6, 6.07) is 8.12. The van der Waals surface area contributed by atoms with Gasteiger partial charge in [0.25, 0.3) is 0 Å². The topological polar surface area (TPSA) is 29.1 Å². The molecule has 1 N–H and O–H groups in total. The third-order valence-electron chi connectivity index (χ3n) is 3.21. The third kappa shape index (κ3) is 3.01. The van der Waals surface area contributed by atoms with Crippen LogP contribution in [0.3, 0.4) is 0 Å². The molecule has 1 aliphatic rings. The normalized spacial score (nSPS) is 19.7. The van der Waals surface area contributed by atoms with E-state index >= 15 is 0 Å². The average molecular weight is 284 g/mol. The highest BCUT2D eigenvalue weighted by Crippen LogP contribution is 2.39. The molecule has 98 valence electrons. The minimum absolute atomic E-state index is 0.00162. The molecule has 1 amide bonds. The van der Waals surface area contributed by atoms with Crippen LogP contribution in [0, 0.1) is 5.92 Å². The second kappa shape index (κ2) is 5.98. The van der Waals surface area contributed by atoms with Gasteiger partial charge < -0.3 is 5.32 Å². The van der Waals surface area contributed by atoms with Gasteiger partial charge >= 0.3 is 0 Å². The molecule has 0 aliphatic carbocycles. The first kappa shape index (κ1) is 13.8. The van der Waals surface area contributed by atoms with Crippen LogP contribution in [0.2, 0.25) is 0 Å². The number of hydrogen-bond donors (Lipinski definition) is 1. The number of halogens is 1. The Morgan fingerprint density at radius 2 is 2.22 bits per heavy atom. The summed E-state index contributed by atoms with van der Waals surface area (Å²) in [5.74, 6) is 1.28. The van der Waals surface area contributed by atoms with Crippen LogP contribution in [0.25, 0.3) is 0 Å². The Bertz CT molecular complexity index is 436. The molecule has 2 rings (SSSR count). The van der Waals surface area contributed by atoms with Gasteiger partial charge in [0.2, 0.25) is 5.91 Å². The van der Waals surface area contributed by atoms with E-state index in [0.29, 0.717) is 12.5 Å². The molecule has 0 radical (unpaired) electrons. The minimum Gasteiger partial charge on any atom is -0.354 e. The molecule has 1 aliphatic heterocycles. The molecule has 1 aromatic carbocycles. The van der Waals surface area contributed by atoms with Gasteiger partial charge in [-0.05, 0) is 17.5 Å². The maximum absolute atomic E-state index is 12.2. The first-order valence-electron chi connectivity index (χ1n) is 6.23. The van der Waals surface area contributed by atoms with Crippen molar-refractivity contribution in [2.45, 2.75) is 30.0 Å². The quantitative estimate of drug-likeness (QED) is 0.860. The maximum Gasteiger partial charge on any atom is 0.228 e. The van der Waals surface area contributed by atoms with E-state index in [9.17, 15) is 4.79 Å². The monoisotopic (exact) mass is 283 g/mol. The van der Waals surface area contributed by atoms with Crippen molar-refractivity contribution in [2.75, 3.05) is 12.3 Å². The van der Waals surface area contributed by atoms with Gasteiger partial charge in [0.05, 0.1) is 11.3 Å². The number of amides is 1. The third-order valence-corrected chi connectivity index (χ3v) is 5.05.